The van der Waals surface area contributed by atoms with Gasteiger partial charge in [-0.15, -0.1) is 0 Å². The van der Waals surface area contributed by atoms with Crippen molar-refractivity contribution in [3.63, 3.8) is 0 Å². The lowest BCUT2D eigenvalue weighted by Crippen LogP contribution is -2.35. The second-order valence-electron chi connectivity index (χ2n) is 5.17. The average molecular weight is 339 g/mol. The lowest BCUT2D eigenvalue weighted by Gasteiger charge is -2.23. The predicted molar refractivity (Wildman–Crippen MR) is 92.7 cm³/mol. The topological polar surface area (TPSA) is 57.2 Å². The first-order valence-corrected chi connectivity index (χ1v) is 8.31. The number of para-hydroxylation sites is 1. The Bertz CT molecular complexity index is 466. The molecule has 0 aliphatic heterocycles. The van der Waals surface area contributed by atoms with Crippen molar-refractivity contribution in [2.75, 3.05) is 60.3 Å². The van der Waals surface area contributed by atoms with Crippen LogP contribution in [0.1, 0.15) is 23.7 Å². The second-order valence-corrected chi connectivity index (χ2v) is 5.17. The Morgan fingerprint density at radius 1 is 1.00 bits per heavy atom. The molecule has 1 amide bonds. The molecule has 1 aromatic carbocycles. The van der Waals surface area contributed by atoms with Crippen molar-refractivity contribution in [1.82, 2.24) is 4.90 Å². The van der Waals surface area contributed by atoms with Gasteiger partial charge in [0.2, 0.25) is 0 Å². The molecule has 0 N–H and O–H groups in total. The van der Waals surface area contributed by atoms with Crippen molar-refractivity contribution in [3.8, 4) is 5.75 Å². The molecule has 0 saturated carbocycles. The maximum absolute atomic E-state index is 12.9. The number of methoxy groups -OCH3 is 2. The highest BCUT2D eigenvalue weighted by Crippen LogP contribution is 2.20. The van der Waals surface area contributed by atoms with Gasteiger partial charge in [-0.25, -0.2) is 0 Å². The van der Waals surface area contributed by atoms with Gasteiger partial charge in [-0.2, -0.15) is 0 Å². The summed E-state index contributed by atoms with van der Waals surface area (Å²) in [5, 5.41) is 0. The van der Waals surface area contributed by atoms with E-state index in [1.54, 1.807) is 25.2 Å². The number of rotatable bonds is 13. The highest BCUT2D eigenvalue weighted by atomic mass is 16.5. The van der Waals surface area contributed by atoms with Gasteiger partial charge in [-0.3, -0.25) is 4.79 Å². The third-order valence-corrected chi connectivity index (χ3v) is 3.44. The van der Waals surface area contributed by atoms with Gasteiger partial charge in [-0.1, -0.05) is 12.1 Å². The van der Waals surface area contributed by atoms with E-state index in [-0.39, 0.29) is 5.91 Å². The van der Waals surface area contributed by atoms with Crippen LogP contribution in [-0.4, -0.2) is 71.2 Å². The average Bonchev–Trinajstić information content (AvgIpc) is 2.61. The lowest BCUT2D eigenvalue weighted by atomic mass is 10.1. The van der Waals surface area contributed by atoms with Crippen LogP contribution in [0.25, 0.3) is 0 Å². The van der Waals surface area contributed by atoms with E-state index in [1.807, 2.05) is 25.1 Å². The third kappa shape index (κ3) is 7.29. The number of ether oxygens (including phenoxy) is 4. The molecule has 1 aromatic rings. The summed E-state index contributed by atoms with van der Waals surface area (Å²) in [6.45, 7) is 5.75. The van der Waals surface area contributed by atoms with E-state index in [0.29, 0.717) is 57.4 Å². The molecule has 0 heterocycles. The number of nitrogens with zero attached hydrogens (tertiary/aromatic N) is 1. The van der Waals surface area contributed by atoms with Gasteiger partial charge in [0.15, 0.2) is 0 Å². The molecule has 0 fully saturated rings. The van der Waals surface area contributed by atoms with E-state index >= 15 is 0 Å². The van der Waals surface area contributed by atoms with Crippen molar-refractivity contribution in [2.45, 2.75) is 13.3 Å². The molecule has 0 atom stereocenters. The Labute approximate surface area is 144 Å². The van der Waals surface area contributed by atoms with E-state index in [4.69, 9.17) is 18.9 Å². The van der Waals surface area contributed by atoms with Crippen LogP contribution in [0.3, 0.4) is 0 Å². The van der Waals surface area contributed by atoms with Crippen LogP contribution < -0.4 is 4.74 Å². The Balaban J connectivity index is 2.76. The molecule has 6 nitrogen and oxygen atoms in total. The molecular formula is C18H29NO5. The third-order valence-electron chi connectivity index (χ3n) is 3.44. The summed E-state index contributed by atoms with van der Waals surface area (Å²) in [5.41, 5.74) is 0.558. The van der Waals surface area contributed by atoms with Crippen LogP contribution in [-0.2, 0) is 14.2 Å². The lowest BCUT2D eigenvalue weighted by molar-refractivity contribution is 0.0665. The zero-order chi connectivity index (χ0) is 17.6. The van der Waals surface area contributed by atoms with E-state index in [0.717, 1.165) is 6.42 Å². The van der Waals surface area contributed by atoms with Crippen molar-refractivity contribution >= 4 is 5.91 Å². The number of carbonyl (C=O) groups is 1. The maximum atomic E-state index is 12.9. The SMILES string of the molecule is CCOCCOc1ccccc1C(=O)N(CCCOC)CCOC. The maximum Gasteiger partial charge on any atom is 0.257 e. The highest BCUT2D eigenvalue weighted by molar-refractivity contribution is 5.96. The first-order valence-electron chi connectivity index (χ1n) is 8.31. The molecule has 0 aliphatic carbocycles. The minimum atomic E-state index is -0.0600. The molecule has 0 radical (unpaired) electrons. The van der Waals surface area contributed by atoms with Crippen LogP contribution >= 0.6 is 0 Å². The predicted octanol–water partition coefficient (Wildman–Crippen LogP) is 2.23. The standard InChI is InChI=1S/C18H29NO5/c1-4-23-14-15-24-17-9-6-5-8-16(17)18(20)19(11-13-22-3)10-7-12-21-2/h5-6,8-9H,4,7,10-15H2,1-3H3. The van der Waals surface area contributed by atoms with Crippen LogP contribution in [0.15, 0.2) is 24.3 Å². The van der Waals surface area contributed by atoms with Gasteiger partial charge in [0, 0.05) is 40.5 Å². The van der Waals surface area contributed by atoms with E-state index in [9.17, 15) is 4.79 Å². The van der Waals surface area contributed by atoms with E-state index < -0.39 is 0 Å². The molecule has 0 bridgehead atoms. The Morgan fingerprint density at radius 3 is 2.46 bits per heavy atom. The van der Waals surface area contributed by atoms with Gasteiger partial charge in [0.1, 0.15) is 12.4 Å². The Kier molecular flexibility index (Phi) is 10.8. The second kappa shape index (κ2) is 12.8. The van der Waals surface area contributed by atoms with Crippen molar-refractivity contribution in [2.24, 2.45) is 0 Å². The van der Waals surface area contributed by atoms with Gasteiger partial charge in [0.05, 0.1) is 18.8 Å². The number of amides is 1. The zero-order valence-corrected chi connectivity index (χ0v) is 15.0. The fourth-order valence-electron chi connectivity index (χ4n) is 2.21. The molecular weight excluding hydrogens is 310 g/mol. The van der Waals surface area contributed by atoms with E-state index in [1.165, 1.54) is 0 Å². The van der Waals surface area contributed by atoms with Crippen LogP contribution in [0, 0.1) is 0 Å². The monoisotopic (exact) mass is 339 g/mol. The van der Waals surface area contributed by atoms with Gasteiger partial charge >= 0.3 is 0 Å². The molecule has 24 heavy (non-hydrogen) atoms. The zero-order valence-electron chi connectivity index (χ0n) is 15.0. The minimum Gasteiger partial charge on any atom is -0.490 e. The van der Waals surface area contributed by atoms with Gasteiger partial charge in [-0.05, 0) is 25.5 Å². The van der Waals surface area contributed by atoms with Gasteiger partial charge in [0.25, 0.3) is 5.91 Å². The number of hydrogen-bond donors (Lipinski definition) is 0. The molecule has 0 saturated heterocycles. The summed E-state index contributed by atoms with van der Waals surface area (Å²) in [6, 6.07) is 7.29. The first-order chi connectivity index (χ1) is 11.7. The quantitative estimate of drug-likeness (QED) is 0.516. The molecule has 136 valence electrons. The molecule has 0 aromatic heterocycles. The Morgan fingerprint density at radius 2 is 1.75 bits per heavy atom. The molecule has 0 spiro atoms. The fourth-order valence-corrected chi connectivity index (χ4v) is 2.21. The van der Waals surface area contributed by atoms with Crippen LogP contribution in [0.4, 0.5) is 0 Å². The summed E-state index contributed by atoms with van der Waals surface area (Å²) in [7, 11) is 3.28. The highest BCUT2D eigenvalue weighted by Gasteiger charge is 2.19. The summed E-state index contributed by atoms with van der Waals surface area (Å²) in [4.78, 5) is 14.6. The number of hydrogen-bond acceptors (Lipinski definition) is 5. The largest absolute Gasteiger partial charge is 0.490 e. The van der Waals surface area contributed by atoms with Crippen LogP contribution in [0.2, 0.25) is 0 Å². The summed E-state index contributed by atoms with van der Waals surface area (Å²) >= 11 is 0. The molecule has 6 heteroatoms. The minimum absolute atomic E-state index is 0.0600. The summed E-state index contributed by atoms with van der Waals surface area (Å²) in [6.07, 6.45) is 0.777. The van der Waals surface area contributed by atoms with Crippen molar-refractivity contribution in [1.29, 1.82) is 0 Å². The first kappa shape index (κ1) is 20.4. The molecule has 1 rings (SSSR count). The normalized spacial score (nSPS) is 10.6. The number of carbonyl (C=O) groups excluding carboxylic acids is 1. The Hall–Kier alpha value is -1.63. The van der Waals surface area contributed by atoms with Crippen molar-refractivity contribution < 1.29 is 23.7 Å². The van der Waals surface area contributed by atoms with E-state index in [2.05, 4.69) is 0 Å². The number of benzene rings is 1. The smallest absolute Gasteiger partial charge is 0.257 e. The van der Waals surface area contributed by atoms with Gasteiger partial charge < -0.3 is 23.8 Å². The molecule has 0 unspecified atom stereocenters. The summed E-state index contributed by atoms with van der Waals surface area (Å²) in [5.74, 6) is 0.520. The van der Waals surface area contributed by atoms with Crippen LogP contribution in [0.5, 0.6) is 5.75 Å². The molecule has 0 aliphatic rings. The van der Waals surface area contributed by atoms with Crippen molar-refractivity contribution in [3.05, 3.63) is 29.8 Å². The summed E-state index contributed by atoms with van der Waals surface area (Å²) < 4.78 is 21.2. The fraction of sp³-hybridized carbons (Fsp3) is 0.611.